The van der Waals surface area contributed by atoms with Gasteiger partial charge < -0.3 is 10.1 Å². The zero-order valence-corrected chi connectivity index (χ0v) is 5.46. The van der Waals surface area contributed by atoms with Crippen LogP contribution in [0.2, 0.25) is 0 Å². The third kappa shape index (κ3) is 0.778. The van der Waals surface area contributed by atoms with E-state index < -0.39 is 0 Å². The molecule has 0 spiro atoms. The normalized spacial score (nSPS) is 10.5. The van der Waals surface area contributed by atoms with Crippen LogP contribution in [0.25, 0.3) is 11.0 Å². The molecular formula is C6H5N3O2. The Morgan fingerprint density at radius 3 is 3.18 bits per heavy atom. The first kappa shape index (κ1) is 5.96. The summed E-state index contributed by atoms with van der Waals surface area (Å²) >= 11 is 0. The van der Waals surface area contributed by atoms with Crippen molar-refractivity contribution in [1.82, 2.24) is 15.0 Å². The van der Waals surface area contributed by atoms with E-state index in [1.54, 1.807) is 0 Å². The predicted molar refractivity (Wildman–Crippen MR) is 38.4 cm³/mol. The second-order valence-electron chi connectivity index (χ2n) is 2.15. The van der Waals surface area contributed by atoms with Gasteiger partial charge in [-0.3, -0.25) is 9.78 Å². The van der Waals surface area contributed by atoms with Crippen LogP contribution >= 0.6 is 0 Å². The molecule has 0 atom stereocenters. The van der Waals surface area contributed by atoms with E-state index >= 15 is 0 Å². The summed E-state index contributed by atoms with van der Waals surface area (Å²) in [4.78, 5) is 19.4. The summed E-state index contributed by atoms with van der Waals surface area (Å²) in [6.45, 7) is 0. The van der Waals surface area contributed by atoms with E-state index in [1.165, 1.54) is 12.4 Å². The highest BCUT2D eigenvalue weighted by Gasteiger charge is 2.02. The maximum atomic E-state index is 10.7. The average molecular weight is 151 g/mol. The summed E-state index contributed by atoms with van der Waals surface area (Å²) in [5.41, 5.74) is 0.565. The van der Waals surface area contributed by atoms with Crippen LogP contribution < -0.4 is 5.56 Å². The quantitative estimate of drug-likeness (QED) is 0.494. The fourth-order valence-corrected chi connectivity index (χ4v) is 0.946. The number of hydrogen-bond donors (Lipinski definition) is 3. The Labute approximate surface area is 60.7 Å². The molecule has 0 aliphatic heterocycles. The van der Waals surface area contributed by atoms with Crippen LogP contribution in [-0.4, -0.2) is 20.1 Å². The first-order valence-electron chi connectivity index (χ1n) is 3.03. The molecule has 0 aliphatic rings. The van der Waals surface area contributed by atoms with Crippen molar-refractivity contribution in [2.75, 3.05) is 0 Å². The van der Waals surface area contributed by atoms with E-state index in [9.17, 15) is 4.79 Å². The first-order chi connectivity index (χ1) is 5.27. The van der Waals surface area contributed by atoms with Crippen LogP contribution in [0.5, 0.6) is 5.88 Å². The molecule has 0 bridgehead atoms. The number of aromatic nitrogens is 3. The highest BCUT2D eigenvalue weighted by Crippen LogP contribution is 2.14. The van der Waals surface area contributed by atoms with Crippen LogP contribution in [0.15, 0.2) is 17.2 Å². The van der Waals surface area contributed by atoms with Crippen LogP contribution in [0.1, 0.15) is 0 Å². The minimum Gasteiger partial charge on any atom is -0.493 e. The summed E-state index contributed by atoms with van der Waals surface area (Å²) in [5, 5.41) is 9.10. The van der Waals surface area contributed by atoms with Gasteiger partial charge in [0.05, 0.1) is 11.8 Å². The zero-order chi connectivity index (χ0) is 7.84. The first-order valence-corrected chi connectivity index (χ1v) is 3.03. The van der Waals surface area contributed by atoms with E-state index in [0.717, 1.165) is 0 Å². The number of aromatic amines is 2. The molecule has 0 aliphatic carbocycles. The number of pyridine rings is 1. The highest BCUT2D eigenvalue weighted by molar-refractivity contribution is 5.78. The molecule has 2 rings (SSSR count). The van der Waals surface area contributed by atoms with Gasteiger partial charge in [-0.25, -0.2) is 4.98 Å². The van der Waals surface area contributed by atoms with Crippen molar-refractivity contribution in [3.05, 3.63) is 22.7 Å². The summed E-state index contributed by atoms with van der Waals surface area (Å²) in [5.74, 6) is -0.200. The number of imidazole rings is 1. The maximum absolute atomic E-state index is 10.7. The van der Waals surface area contributed by atoms with Gasteiger partial charge in [0, 0.05) is 6.07 Å². The largest absolute Gasteiger partial charge is 0.493 e. The molecule has 5 nitrogen and oxygen atoms in total. The monoisotopic (exact) mass is 151 g/mol. The number of nitrogens with one attached hydrogen (secondary N) is 2. The van der Waals surface area contributed by atoms with Crippen LogP contribution in [-0.2, 0) is 0 Å². The lowest BCUT2D eigenvalue weighted by atomic mass is 10.4. The van der Waals surface area contributed by atoms with Gasteiger partial charge in [0.15, 0.2) is 0 Å². The average Bonchev–Trinajstić information content (AvgIpc) is 2.34. The zero-order valence-electron chi connectivity index (χ0n) is 5.46. The second kappa shape index (κ2) is 1.85. The second-order valence-corrected chi connectivity index (χ2v) is 2.15. The van der Waals surface area contributed by atoms with Gasteiger partial charge in [-0.1, -0.05) is 0 Å². The summed E-state index contributed by atoms with van der Waals surface area (Å²) in [6, 6.07) is 1.34. The Hall–Kier alpha value is -1.78. The summed E-state index contributed by atoms with van der Waals surface area (Å²) in [7, 11) is 0. The molecule has 3 N–H and O–H groups in total. The highest BCUT2D eigenvalue weighted by atomic mass is 16.3. The third-order valence-corrected chi connectivity index (χ3v) is 1.41. The lowest BCUT2D eigenvalue weighted by Crippen LogP contribution is -2.02. The third-order valence-electron chi connectivity index (χ3n) is 1.41. The molecule has 0 radical (unpaired) electrons. The molecule has 0 unspecified atom stereocenters. The minimum atomic E-state index is -0.348. The molecule has 2 heterocycles. The predicted octanol–water partition coefficient (Wildman–Crippen LogP) is -0.0432. The van der Waals surface area contributed by atoms with Crippen molar-refractivity contribution in [2.45, 2.75) is 0 Å². The molecule has 56 valence electrons. The van der Waals surface area contributed by atoms with E-state index in [1.807, 2.05) is 0 Å². The lowest BCUT2D eigenvalue weighted by molar-refractivity contribution is 0.457. The fraction of sp³-hybridized carbons (Fsp3) is 0. The van der Waals surface area contributed by atoms with Crippen LogP contribution in [0.3, 0.4) is 0 Å². The molecule has 0 aromatic carbocycles. The van der Waals surface area contributed by atoms with Gasteiger partial charge in [0.1, 0.15) is 5.52 Å². The number of rotatable bonds is 0. The molecule has 0 saturated heterocycles. The van der Waals surface area contributed by atoms with Gasteiger partial charge in [-0.2, -0.15) is 0 Å². The molecule has 0 fully saturated rings. The lowest BCUT2D eigenvalue weighted by Gasteiger charge is -1.90. The van der Waals surface area contributed by atoms with E-state index in [2.05, 4.69) is 15.0 Å². The Bertz CT molecular complexity index is 442. The smallest absolute Gasteiger partial charge is 0.252 e. The molecule has 0 saturated carbocycles. The number of H-pyrrole nitrogens is 2. The van der Waals surface area contributed by atoms with Gasteiger partial charge in [-0.15, -0.1) is 0 Å². The van der Waals surface area contributed by atoms with E-state index in [-0.39, 0.29) is 11.4 Å². The van der Waals surface area contributed by atoms with Gasteiger partial charge in [0.25, 0.3) is 5.56 Å². The van der Waals surface area contributed by atoms with Crippen molar-refractivity contribution in [2.24, 2.45) is 0 Å². The van der Waals surface area contributed by atoms with Gasteiger partial charge in [0.2, 0.25) is 5.88 Å². The molecule has 5 heteroatoms. The summed E-state index contributed by atoms with van der Waals surface area (Å²) < 4.78 is 0. The molecule has 0 amide bonds. The Kier molecular flexibility index (Phi) is 1.00. The van der Waals surface area contributed by atoms with Crippen LogP contribution in [0, 0.1) is 0 Å². The summed E-state index contributed by atoms with van der Waals surface area (Å²) in [6.07, 6.45) is 1.41. The van der Waals surface area contributed by atoms with Crippen molar-refractivity contribution < 1.29 is 5.11 Å². The van der Waals surface area contributed by atoms with Crippen molar-refractivity contribution in [3.8, 4) is 5.88 Å². The van der Waals surface area contributed by atoms with Crippen molar-refractivity contribution in [3.63, 3.8) is 0 Å². The Morgan fingerprint density at radius 1 is 1.55 bits per heavy atom. The Morgan fingerprint density at radius 2 is 2.36 bits per heavy atom. The van der Waals surface area contributed by atoms with Crippen molar-refractivity contribution in [1.29, 1.82) is 0 Å². The SMILES string of the molecule is O=c1cc2[nH]cnc2c(O)[nH]1. The number of aromatic hydroxyl groups is 1. The van der Waals surface area contributed by atoms with Gasteiger partial charge in [-0.05, 0) is 0 Å². The minimum absolute atomic E-state index is 0.200. The molecular weight excluding hydrogens is 146 g/mol. The maximum Gasteiger partial charge on any atom is 0.252 e. The fourth-order valence-electron chi connectivity index (χ4n) is 0.946. The standard InChI is InChI=1S/C6H5N3O2/c10-4-1-3-5(6(11)9-4)8-2-7-3/h1-2H,(H,7,8)(H2,9,10,11). The van der Waals surface area contributed by atoms with E-state index in [4.69, 9.17) is 5.11 Å². The van der Waals surface area contributed by atoms with Crippen LogP contribution in [0.4, 0.5) is 0 Å². The molecule has 11 heavy (non-hydrogen) atoms. The molecule has 2 aromatic heterocycles. The van der Waals surface area contributed by atoms with E-state index in [0.29, 0.717) is 11.0 Å². The number of fused-ring (bicyclic) bond motifs is 1. The van der Waals surface area contributed by atoms with Crippen molar-refractivity contribution >= 4 is 11.0 Å². The molecule has 2 aromatic rings. The topological polar surface area (TPSA) is 81.8 Å². The Balaban J connectivity index is 3.02. The number of hydrogen-bond acceptors (Lipinski definition) is 3. The van der Waals surface area contributed by atoms with Gasteiger partial charge >= 0.3 is 0 Å². The number of nitrogens with zero attached hydrogens (tertiary/aromatic N) is 1.